The van der Waals surface area contributed by atoms with Crippen molar-refractivity contribution < 1.29 is 9.47 Å². The summed E-state index contributed by atoms with van der Waals surface area (Å²) in [6.07, 6.45) is -0.0280. The van der Waals surface area contributed by atoms with Crippen molar-refractivity contribution in [3.8, 4) is 11.5 Å². The predicted octanol–water partition coefficient (Wildman–Crippen LogP) is 1.41. The second kappa shape index (κ2) is 6.25. The molecule has 3 aromatic rings. The lowest BCUT2D eigenvalue weighted by molar-refractivity contribution is 0.234. The molecule has 0 bridgehead atoms. The van der Waals surface area contributed by atoms with E-state index in [-0.39, 0.29) is 6.10 Å². The molecule has 2 heterocycles. The SMILES string of the molecule is COc1ccc(OC(C)CNc2ccc3nnnn3n2)cc1. The van der Waals surface area contributed by atoms with Gasteiger partial charge in [-0.1, -0.05) is 0 Å². The Hall–Kier alpha value is -2.90. The van der Waals surface area contributed by atoms with Gasteiger partial charge in [-0.3, -0.25) is 0 Å². The second-order valence-corrected chi connectivity index (χ2v) is 4.73. The lowest BCUT2D eigenvalue weighted by Crippen LogP contribution is -2.23. The van der Waals surface area contributed by atoms with Gasteiger partial charge >= 0.3 is 0 Å². The minimum atomic E-state index is -0.0280. The molecule has 0 radical (unpaired) electrons. The van der Waals surface area contributed by atoms with Crippen molar-refractivity contribution in [2.75, 3.05) is 19.0 Å². The number of tetrazole rings is 1. The summed E-state index contributed by atoms with van der Waals surface area (Å²) >= 11 is 0. The van der Waals surface area contributed by atoms with Crippen molar-refractivity contribution in [1.82, 2.24) is 25.3 Å². The quantitative estimate of drug-likeness (QED) is 0.736. The van der Waals surface area contributed by atoms with Gasteiger partial charge in [0.25, 0.3) is 0 Å². The summed E-state index contributed by atoms with van der Waals surface area (Å²) in [5, 5.41) is 18.5. The normalized spacial score (nSPS) is 12.1. The van der Waals surface area contributed by atoms with Gasteiger partial charge < -0.3 is 14.8 Å². The minimum Gasteiger partial charge on any atom is -0.497 e. The van der Waals surface area contributed by atoms with Crippen molar-refractivity contribution in [3.05, 3.63) is 36.4 Å². The minimum absolute atomic E-state index is 0.0280. The van der Waals surface area contributed by atoms with Gasteiger partial charge in [-0.15, -0.1) is 14.8 Å². The molecule has 114 valence electrons. The first-order valence-electron chi connectivity index (χ1n) is 6.84. The van der Waals surface area contributed by atoms with Crippen LogP contribution in [0.15, 0.2) is 36.4 Å². The van der Waals surface area contributed by atoms with E-state index in [1.807, 2.05) is 37.3 Å². The number of methoxy groups -OCH3 is 1. The molecule has 1 N–H and O–H groups in total. The highest BCUT2D eigenvalue weighted by Crippen LogP contribution is 2.18. The Morgan fingerprint density at radius 2 is 1.91 bits per heavy atom. The summed E-state index contributed by atoms with van der Waals surface area (Å²) < 4.78 is 12.3. The molecule has 22 heavy (non-hydrogen) atoms. The molecule has 3 rings (SSSR count). The van der Waals surface area contributed by atoms with Gasteiger partial charge in [0, 0.05) is 0 Å². The van der Waals surface area contributed by atoms with Gasteiger partial charge in [-0.2, -0.15) is 0 Å². The number of rotatable bonds is 6. The maximum absolute atomic E-state index is 5.82. The van der Waals surface area contributed by atoms with Crippen LogP contribution in [0.2, 0.25) is 0 Å². The summed E-state index contributed by atoms with van der Waals surface area (Å²) in [6.45, 7) is 2.58. The number of benzene rings is 1. The van der Waals surface area contributed by atoms with Crippen molar-refractivity contribution in [3.63, 3.8) is 0 Å². The van der Waals surface area contributed by atoms with Gasteiger partial charge in [-0.05, 0) is 53.7 Å². The predicted molar refractivity (Wildman–Crippen MR) is 80.2 cm³/mol. The van der Waals surface area contributed by atoms with Crippen LogP contribution in [0.5, 0.6) is 11.5 Å². The number of hydrogen-bond acceptors (Lipinski definition) is 7. The van der Waals surface area contributed by atoms with E-state index in [0.717, 1.165) is 11.5 Å². The molecule has 0 saturated heterocycles. The third kappa shape index (κ3) is 3.22. The molecule has 8 nitrogen and oxygen atoms in total. The van der Waals surface area contributed by atoms with Gasteiger partial charge in [0.2, 0.25) is 0 Å². The van der Waals surface area contributed by atoms with Gasteiger partial charge in [0.1, 0.15) is 23.4 Å². The first-order valence-corrected chi connectivity index (χ1v) is 6.84. The van der Waals surface area contributed by atoms with E-state index in [1.54, 1.807) is 13.2 Å². The second-order valence-electron chi connectivity index (χ2n) is 4.73. The number of anilines is 1. The Labute approximate surface area is 127 Å². The Morgan fingerprint density at radius 3 is 2.68 bits per heavy atom. The Balaban J connectivity index is 1.55. The molecule has 0 amide bonds. The Kier molecular flexibility index (Phi) is 3.99. The summed E-state index contributed by atoms with van der Waals surface area (Å²) in [7, 11) is 1.64. The average Bonchev–Trinajstić information content (AvgIpc) is 3.01. The lowest BCUT2D eigenvalue weighted by atomic mass is 10.3. The molecule has 8 heteroatoms. The Morgan fingerprint density at radius 1 is 1.14 bits per heavy atom. The zero-order valence-corrected chi connectivity index (χ0v) is 12.3. The van der Waals surface area contributed by atoms with Crippen LogP contribution in [-0.4, -0.2) is 45.0 Å². The molecule has 0 aliphatic carbocycles. The van der Waals surface area contributed by atoms with Crippen LogP contribution >= 0.6 is 0 Å². The number of nitrogens with one attached hydrogen (secondary N) is 1. The molecule has 1 atom stereocenters. The third-order valence-corrected chi connectivity index (χ3v) is 3.04. The number of aromatic nitrogens is 5. The van der Waals surface area contributed by atoms with Gasteiger partial charge in [0.05, 0.1) is 13.7 Å². The highest BCUT2D eigenvalue weighted by molar-refractivity contribution is 5.42. The van der Waals surface area contributed by atoms with Gasteiger partial charge in [-0.25, -0.2) is 0 Å². The topological polar surface area (TPSA) is 86.5 Å². The molecule has 0 fully saturated rings. The number of hydrogen-bond donors (Lipinski definition) is 1. The molecule has 0 spiro atoms. The molecule has 1 unspecified atom stereocenters. The van der Waals surface area contributed by atoms with E-state index in [1.165, 1.54) is 4.63 Å². The van der Waals surface area contributed by atoms with Crippen LogP contribution in [0, 0.1) is 0 Å². The summed E-state index contributed by atoms with van der Waals surface area (Å²) in [4.78, 5) is 0. The molecule has 1 aromatic carbocycles. The van der Waals surface area contributed by atoms with E-state index in [9.17, 15) is 0 Å². The number of ether oxygens (including phenoxy) is 2. The van der Waals surface area contributed by atoms with Gasteiger partial charge in [0.15, 0.2) is 5.65 Å². The standard InChI is InChI=1S/C14H16N6O2/c1-10(22-12-5-3-11(21-2)4-6-12)9-15-13-7-8-14-16-18-19-20(14)17-13/h3-8,10H,9H2,1-2H3,(H,15,17). The van der Waals surface area contributed by atoms with Crippen LogP contribution in [0.25, 0.3) is 5.65 Å². The molecule has 2 aromatic heterocycles. The molecule has 0 aliphatic heterocycles. The van der Waals surface area contributed by atoms with E-state index in [2.05, 4.69) is 25.9 Å². The van der Waals surface area contributed by atoms with Crippen molar-refractivity contribution in [1.29, 1.82) is 0 Å². The fourth-order valence-corrected chi connectivity index (χ4v) is 1.92. The molecular formula is C14H16N6O2. The monoisotopic (exact) mass is 300 g/mol. The van der Waals surface area contributed by atoms with Crippen molar-refractivity contribution in [2.45, 2.75) is 13.0 Å². The van der Waals surface area contributed by atoms with Crippen LogP contribution in [0.3, 0.4) is 0 Å². The fraction of sp³-hybridized carbons (Fsp3) is 0.286. The summed E-state index contributed by atoms with van der Waals surface area (Å²) in [6, 6.07) is 11.1. The summed E-state index contributed by atoms with van der Waals surface area (Å²) in [5.41, 5.74) is 0.605. The smallest absolute Gasteiger partial charge is 0.200 e. The number of nitrogens with zero attached hydrogens (tertiary/aromatic N) is 5. The van der Waals surface area contributed by atoms with Crippen LogP contribution in [0.1, 0.15) is 6.92 Å². The van der Waals surface area contributed by atoms with Crippen molar-refractivity contribution >= 4 is 11.5 Å². The Bertz CT molecular complexity index is 742. The third-order valence-electron chi connectivity index (χ3n) is 3.04. The average molecular weight is 300 g/mol. The zero-order chi connectivity index (χ0) is 15.4. The first-order chi connectivity index (χ1) is 10.7. The van der Waals surface area contributed by atoms with E-state index < -0.39 is 0 Å². The van der Waals surface area contributed by atoms with Crippen LogP contribution in [0.4, 0.5) is 5.82 Å². The first kappa shape index (κ1) is 14.1. The molecule has 0 saturated carbocycles. The number of fused-ring (bicyclic) bond motifs is 1. The highest BCUT2D eigenvalue weighted by atomic mass is 16.5. The highest BCUT2D eigenvalue weighted by Gasteiger charge is 2.06. The van der Waals surface area contributed by atoms with Crippen LogP contribution in [-0.2, 0) is 0 Å². The largest absolute Gasteiger partial charge is 0.497 e. The van der Waals surface area contributed by atoms with Crippen molar-refractivity contribution in [2.24, 2.45) is 0 Å². The zero-order valence-electron chi connectivity index (χ0n) is 12.3. The lowest BCUT2D eigenvalue weighted by Gasteiger charge is -2.15. The summed E-state index contributed by atoms with van der Waals surface area (Å²) in [5.74, 6) is 2.28. The van der Waals surface area contributed by atoms with E-state index in [4.69, 9.17) is 9.47 Å². The maximum atomic E-state index is 5.82. The van der Waals surface area contributed by atoms with E-state index in [0.29, 0.717) is 18.0 Å². The molecular weight excluding hydrogens is 284 g/mol. The maximum Gasteiger partial charge on any atom is 0.200 e. The van der Waals surface area contributed by atoms with E-state index >= 15 is 0 Å². The van der Waals surface area contributed by atoms with Crippen LogP contribution < -0.4 is 14.8 Å². The fourth-order valence-electron chi connectivity index (χ4n) is 1.92. The molecule has 0 aliphatic rings.